The van der Waals surface area contributed by atoms with Crippen LogP contribution < -0.4 is 10.6 Å². The zero-order valence-electron chi connectivity index (χ0n) is 12.5. The smallest absolute Gasteiger partial charge is 0.319 e. The molecule has 2 amide bonds. The van der Waals surface area contributed by atoms with E-state index in [2.05, 4.69) is 24.5 Å². The Morgan fingerprint density at radius 1 is 1.24 bits per heavy atom. The number of carbonyl (C=O) groups excluding carboxylic acids is 1. The molecule has 21 heavy (non-hydrogen) atoms. The number of aliphatic carboxylic acids is 1. The van der Waals surface area contributed by atoms with Gasteiger partial charge in [0.25, 0.3) is 0 Å². The van der Waals surface area contributed by atoms with Gasteiger partial charge in [-0.2, -0.15) is 0 Å². The Hall–Kier alpha value is -2.08. The number of nitrogens with one attached hydrogen (secondary N) is 2. The van der Waals surface area contributed by atoms with Crippen molar-refractivity contribution in [2.24, 2.45) is 0 Å². The first-order valence-corrected chi connectivity index (χ1v) is 6.78. The van der Waals surface area contributed by atoms with Crippen LogP contribution in [0.25, 0.3) is 0 Å². The van der Waals surface area contributed by atoms with Gasteiger partial charge in [-0.15, -0.1) is 0 Å². The molecule has 1 rings (SSSR count). The third kappa shape index (κ3) is 6.27. The van der Waals surface area contributed by atoms with E-state index in [1.54, 1.807) is 12.1 Å². The normalized spacial score (nSPS) is 13.6. The number of hydrogen-bond donors (Lipinski definition) is 4. The third-order valence-corrected chi connectivity index (χ3v) is 3.00. The van der Waals surface area contributed by atoms with Crippen molar-refractivity contribution in [1.82, 2.24) is 5.32 Å². The maximum Gasteiger partial charge on any atom is 0.319 e. The van der Waals surface area contributed by atoms with Crippen LogP contribution in [0.4, 0.5) is 10.5 Å². The van der Waals surface area contributed by atoms with Crippen LogP contribution in [-0.2, 0) is 4.79 Å². The van der Waals surface area contributed by atoms with E-state index in [0.717, 1.165) is 0 Å². The van der Waals surface area contributed by atoms with E-state index in [4.69, 9.17) is 5.11 Å². The summed E-state index contributed by atoms with van der Waals surface area (Å²) in [5.74, 6) is -0.703. The molecule has 116 valence electrons. The maximum absolute atomic E-state index is 11.7. The highest BCUT2D eigenvalue weighted by Crippen LogP contribution is 2.17. The molecule has 0 aliphatic carbocycles. The summed E-state index contributed by atoms with van der Waals surface area (Å²) in [5, 5.41) is 23.5. The van der Waals surface area contributed by atoms with E-state index in [1.807, 2.05) is 12.1 Å². The number of amides is 2. The highest BCUT2D eigenvalue weighted by Gasteiger charge is 2.24. The van der Waals surface area contributed by atoms with Gasteiger partial charge in [-0.05, 0) is 30.5 Å². The number of anilines is 1. The summed E-state index contributed by atoms with van der Waals surface area (Å²) in [6.45, 7) is 5.38. The molecule has 6 nitrogen and oxygen atoms in total. The van der Waals surface area contributed by atoms with Crippen molar-refractivity contribution in [2.45, 2.75) is 38.7 Å². The molecule has 0 fully saturated rings. The van der Waals surface area contributed by atoms with E-state index in [1.165, 1.54) is 12.5 Å². The van der Waals surface area contributed by atoms with Crippen molar-refractivity contribution in [3.8, 4) is 0 Å². The van der Waals surface area contributed by atoms with Crippen LogP contribution in [0.15, 0.2) is 24.3 Å². The fourth-order valence-electron chi connectivity index (χ4n) is 1.79. The Labute approximate surface area is 124 Å². The molecular formula is C15H22N2O4. The van der Waals surface area contributed by atoms with Crippen LogP contribution in [-0.4, -0.2) is 34.4 Å². The van der Waals surface area contributed by atoms with Gasteiger partial charge in [-0.3, -0.25) is 4.79 Å². The minimum atomic E-state index is -1.48. The van der Waals surface area contributed by atoms with Gasteiger partial charge < -0.3 is 20.8 Å². The molecule has 0 saturated carbocycles. The molecule has 6 heteroatoms. The van der Waals surface area contributed by atoms with E-state index in [0.29, 0.717) is 11.6 Å². The number of benzene rings is 1. The lowest BCUT2D eigenvalue weighted by Crippen LogP contribution is -2.43. The van der Waals surface area contributed by atoms with Gasteiger partial charge in [-0.25, -0.2) is 4.79 Å². The zero-order chi connectivity index (χ0) is 16.0. The Morgan fingerprint density at radius 2 is 1.81 bits per heavy atom. The second-order valence-corrected chi connectivity index (χ2v) is 5.65. The van der Waals surface area contributed by atoms with Crippen LogP contribution in [0.1, 0.15) is 38.7 Å². The molecule has 0 radical (unpaired) electrons. The molecule has 0 bridgehead atoms. The van der Waals surface area contributed by atoms with Crippen molar-refractivity contribution in [3.05, 3.63) is 29.8 Å². The molecule has 0 aliphatic heterocycles. The molecule has 0 saturated heterocycles. The average molecular weight is 294 g/mol. The molecule has 1 aromatic carbocycles. The summed E-state index contributed by atoms with van der Waals surface area (Å²) in [5.41, 5.74) is 0.324. The van der Waals surface area contributed by atoms with Gasteiger partial charge in [0, 0.05) is 12.2 Å². The second-order valence-electron chi connectivity index (χ2n) is 5.65. The Kier molecular flexibility index (Phi) is 5.72. The van der Waals surface area contributed by atoms with Crippen molar-refractivity contribution < 1.29 is 19.8 Å². The Balaban J connectivity index is 2.48. The Bertz CT molecular complexity index is 495. The predicted octanol–water partition coefficient (Wildman–Crippen LogP) is 2.16. The van der Waals surface area contributed by atoms with Gasteiger partial charge in [-0.1, -0.05) is 26.0 Å². The summed E-state index contributed by atoms with van der Waals surface area (Å²) in [4.78, 5) is 22.2. The fourth-order valence-corrected chi connectivity index (χ4v) is 1.79. The first kappa shape index (κ1) is 17.0. The van der Waals surface area contributed by atoms with Crippen LogP contribution in [0.5, 0.6) is 0 Å². The molecule has 1 unspecified atom stereocenters. The van der Waals surface area contributed by atoms with Crippen molar-refractivity contribution >= 4 is 17.7 Å². The molecule has 0 aromatic heterocycles. The predicted molar refractivity (Wildman–Crippen MR) is 80.4 cm³/mol. The number of urea groups is 1. The molecular weight excluding hydrogens is 272 g/mol. The lowest BCUT2D eigenvalue weighted by Gasteiger charge is -2.21. The van der Waals surface area contributed by atoms with Crippen molar-refractivity contribution in [3.63, 3.8) is 0 Å². The largest absolute Gasteiger partial charge is 0.481 e. The van der Waals surface area contributed by atoms with E-state index < -0.39 is 24.0 Å². The van der Waals surface area contributed by atoms with Gasteiger partial charge in [0.1, 0.15) is 0 Å². The maximum atomic E-state index is 11.7. The second kappa shape index (κ2) is 7.08. The van der Waals surface area contributed by atoms with Gasteiger partial charge in [0.15, 0.2) is 0 Å². The fraction of sp³-hybridized carbons (Fsp3) is 0.467. The summed E-state index contributed by atoms with van der Waals surface area (Å²) in [6, 6.07) is 6.97. The molecule has 1 aromatic rings. The lowest BCUT2D eigenvalue weighted by molar-refractivity contribution is -0.141. The minimum Gasteiger partial charge on any atom is -0.481 e. The third-order valence-electron chi connectivity index (χ3n) is 3.00. The Morgan fingerprint density at radius 3 is 2.29 bits per heavy atom. The molecule has 4 N–H and O–H groups in total. The molecule has 0 spiro atoms. The quantitative estimate of drug-likeness (QED) is 0.646. The monoisotopic (exact) mass is 294 g/mol. The summed E-state index contributed by atoms with van der Waals surface area (Å²) in [6.07, 6.45) is -0.434. The van der Waals surface area contributed by atoms with Crippen LogP contribution in [0.3, 0.4) is 0 Å². The molecule has 0 heterocycles. The number of hydrogen-bond acceptors (Lipinski definition) is 3. The number of carboxylic acids is 1. The average Bonchev–Trinajstić information content (AvgIpc) is 2.36. The summed E-state index contributed by atoms with van der Waals surface area (Å²) < 4.78 is 0. The molecule has 1 atom stereocenters. The van der Waals surface area contributed by atoms with Crippen LogP contribution in [0, 0.1) is 0 Å². The lowest BCUT2D eigenvalue weighted by atomic mass is 10.0. The number of aliphatic hydroxyl groups is 1. The van der Waals surface area contributed by atoms with Crippen LogP contribution >= 0.6 is 0 Å². The number of carboxylic acid groups (broad SMARTS) is 1. The van der Waals surface area contributed by atoms with Gasteiger partial charge >= 0.3 is 12.0 Å². The first-order valence-electron chi connectivity index (χ1n) is 6.78. The van der Waals surface area contributed by atoms with Crippen molar-refractivity contribution in [2.75, 3.05) is 11.9 Å². The standard InChI is InChI=1S/C15H22N2O4/c1-10(2)11-4-6-12(7-5-11)17-14(20)16-9-15(3,21)8-13(18)19/h4-7,10,21H,8-9H2,1-3H3,(H,18,19)(H2,16,17,20). The topological polar surface area (TPSA) is 98.7 Å². The van der Waals surface area contributed by atoms with E-state index in [9.17, 15) is 14.7 Å². The van der Waals surface area contributed by atoms with E-state index in [-0.39, 0.29) is 6.54 Å². The molecule has 0 aliphatic rings. The number of rotatable bonds is 6. The minimum absolute atomic E-state index is 0.144. The summed E-state index contributed by atoms with van der Waals surface area (Å²) in [7, 11) is 0. The highest BCUT2D eigenvalue weighted by atomic mass is 16.4. The summed E-state index contributed by atoms with van der Waals surface area (Å²) >= 11 is 0. The van der Waals surface area contributed by atoms with Gasteiger partial charge in [0.05, 0.1) is 12.0 Å². The first-order chi connectivity index (χ1) is 9.69. The SMILES string of the molecule is CC(C)c1ccc(NC(=O)NCC(C)(O)CC(=O)O)cc1. The highest BCUT2D eigenvalue weighted by molar-refractivity contribution is 5.89. The van der Waals surface area contributed by atoms with Crippen molar-refractivity contribution in [1.29, 1.82) is 0 Å². The van der Waals surface area contributed by atoms with E-state index >= 15 is 0 Å². The van der Waals surface area contributed by atoms with Crippen LogP contribution in [0.2, 0.25) is 0 Å². The van der Waals surface area contributed by atoms with Gasteiger partial charge in [0.2, 0.25) is 0 Å². The number of carbonyl (C=O) groups is 2. The zero-order valence-corrected chi connectivity index (χ0v) is 12.5.